The summed E-state index contributed by atoms with van der Waals surface area (Å²) in [5, 5.41) is 8.48. The highest BCUT2D eigenvalue weighted by molar-refractivity contribution is 5.87. The number of methoxy groups -OCH3 is 1. The van der Waals surface area contributed by atoms with Gasteiger partial charge in [0.1, 0.15) is 0 Å². The van der Waals surface area contributed by atoms with Gasteiger partial charge in [-0.2, -0.15) is 0 Å². The molecule has 0 aromatic heterocycles. The molecular formula is C18H29NO7. The number of hydrogen-bond acceptors (Lipinski definition) is 6. The fourth-order valence-electron chi connectivity index (χ4n) is 1.28. The van der Waals surface area contributed by atoms with Crippen LogP contribution in [0.5, 0.6) is 0 Å². The smallest absolute Gasteiger partial charge is 0.370 e. The molecule has 0 bridgehead atoms. The topological polar surface area (TPSA) is 128 Å². The lowest BCUT2D eigenvalue weighted by molar-refractivity contribution is -0.137. The second-order valence-electron chi connectivity index (χ2n) is 5.02. The Balaban J connectivity index is 0. The van der Waals surface area contributed by atoms with Gasteiger partial charge in [-0.15, -0.1) is 0 Å². The first-order chi connectivity index (χ1) is 12.2. The van der Waals surface area contributed by atoms with Gasteiger partial charge in [0, 0.05) is 12.0 Å². The summed E-state index contributed by atoms with van der Waals surface area (Å²) in [6.07, 6.45) is 5.23. The van der Waals surface area contributed by atoms with E-state index in [2.05, 4.69) is 23.6 Å². The van der Waals surface area contributed by atoms with Crippen LogP contribution >= 0.6 is 0 Å². The number of carboxylic acids is 1. The molecule has 1 fully saturated rings. The number of primary amides is 1. The number of unbranched alkanes of at least 4 members (excludes halogenated alkanes) is 1. The molecule has 1 heterocycles. The molecule has 0 aromatic rings. The second kappa shape index (κ2) is 15.9. The molecule has 1 aliphatic heterocycles. The zero-order chi connectivity index (χ0) is 20.5. The number of esters is 1. The van der Waals surface area contributed by atoms with E-state index >= 15 is 0 Å². The van der Waals surface area contributed by atoms with Gasteiger partial charge in [0.15, 0.2) is 5.76 Å². The Kier molecular flexibility index (Phi) is 15.7. The van der Waals surface area contributed by atoms with Crippen LogP contribution in [0.1, 0.15) is 33.1 Å². The molecule has 1 amide bonds. The molecular weight excluding hydrogens is 342 g/mol. The highest BCUT2D eigenvalue weighted by Crippen LogP contribution is 2.18. The average Bonchev–Trinajstić information content (AvgIpc) is 3.42. The number of rotatable bonds is 9. The van der Waals surface area contributed by atoms with Crippen molar-refractivity contribution < 1.29 is 33.7 Å². The van der Waals surface area contributed by atoms with Crippen molar-refractivity contribution in [3.63, 3.8) is 0 Å². The molecule has 0 spiro atoms. The molecule has 8 heteroatoms. The molecule has 0 saturated carbocycles. The van der Waals surface area contributed by atoms with Crippen molar-refractivity contribution in [3.05, 3.63) is 36.6 Å². The van der Waals surface area contributed by atoms with Crippen LogP contribution < -0.4 is 5.73 Å². The molecule has 1 unspecified atom stereocenters. The summed E-state index contributed by atoms with van der Waals surface area (Å²) in [6, 6.07) is 0. The molecule has 0 radical (unpaired) electrons. The summed E-state index contributed by atoms with van der Waals surface area (Å²) in [5.74, 6) is -1.78. The third-order valence-electron chi connectivity index (χ3n) is 2.78. The van der Waals surface area contributed by atoms with E-state index in [1.165, 1.54) is 13.2 Å². The first-order valence-corrected chi connectivity index (χ1v) is 8.05. The Morgan fingerprint density at radius 1 is 1.38 bits per heavy atom. The summed E-state index contributed by atoms with van der Waals surface area (Å²) in [6.45, 7) is 11.5. The molecule has 1 saturated heterocycles. The molecule has 3 N–H and O–H groups in total. The van der Waals surface area contributed by atoms with Crippen molar-refractivity contribution in [1.29, 1.82) is 0 Å². The first-order valence-electron chi connectivity index (χ1n) is 8.05. The van der Waals surface area contributed by atoms with Gasteiger partial charge in [-0.05, 0) is 25.5 Å². The lowest BCUT2D eigenvalue weighted by atomic mass is 10.2. The summed E-state index contributed by atoms with van der Waals surface area (Å²) < 4.78 is 14.3. The minimum atomic E-state index is -0.997. The molecule has 148 valence electrons. The monoisotopic (exact) mass is 371 g/mol. The molecule has 1 atom stereocenters. The normalized spacial score (nSPS) is 14.4. The maximum atomic E-state index is 10.7. The zero-order valence-corrected chi connectivity index (χ0v) is 15.7. The van der Waals surface area contributed by atoms with Crippen molar-refractivity contribution >= 4 is 17.8 Å². The lowest BCUT2D eigenvalue weighted by Gasteiger charge is -2.03. The molecule has 8 nitrogen and oxygen atoms in total. The highest BCUT2D eigenvalue weighted by Gasteiger charge is 2.25. The van der Waals surface area contributed by atoms with E-state index in [-0.39, 0.29) is 17.8 Å². The number of epoxide rings is 1. The van der Waals surface area contributed by atoms with Crippen LogP contribution in [0.2, 0.25) is 0 Å². The summed E-state index contributed by atoms with van der Waals surface area (Å²) >= 11 is 0. The van der Waals surface area contributed by atoms with E-state index in [9.17, 15) is 14.4 Å². The van der Waals surface area contributed by atoms with E-state index < -0.39 is 11.9 Å². The second-order valence-corrected chi connectivity index (χ2v) is 5.02. The molecule has 0 aromatic carbocycles. The van der Waals surface area contributed by atoms with E-state index in [4.69, 9.17) is 14.6 Å². The predicted octanol–water partition coefficient (Wildman–Crippen LogP) is 1.95. The van der Waals surface area contributed by atoms with Crippen molar-refractivity contribution in [2.45, 2.75) is 39.2 Å². The van der Waals surface area contributed by atoms with Crippen molar-refractivity contribution in [3.8, 4) is 0 Å². The minimum Gasteiger partial charge on any atom is -0.487 e. The molecule has 1 rings (SSSR count). The fourth-order valence-corrected chi connectivity index (χ4v) is 1.28. The summed E-state index contributed by atoms with van der Waals surface area (Å²) in [4.78, 5) is 30.5. The molecule has 0 aliphatic carbocycles. The fraction of sp³-hybridized carbons (Fsp3) is 0.500. The van der Waals surface area contributed by atoms with Crippen LogP contribution in [0.4, 0.5) is 0 Å². The van der Waals surface area contributed by atoms with Gasteiger partial charge in [-0.25, -0.2) is 9.59 Å². The van der Waals surface area contributed by atoms with Crippen molar-refractivity contribution in [1.82, 2.24) is 0 Å². The molecule has 26 heavy (non-hydrogen) atoms. The number of carbonyl (C=O) groups is 3. The van der Waals surface area contributed by atoms with Gasteiger partial charge in [-0.3, -0.25) is 4.79 Å². The predicted molar refractivity (Wildman–Crippen MR) is 97.2 cm³/mol. The Labute approximate surface area is 154 Å². The summed E-state index contributed by atoms with van der Waals surface area (Å²) in [5.41, 5.74) is 5.03. The SMILES string of the molecule is C=C(CC1CO1)C(=O)OC.C=CC(N)=O.CC=C(OCCCC)C(=O)O. The van der Waals surface area contributed by atoms with Crippen LogP contribution in [-0.4, -0.2) is 49.4 Å². The first kappa shape index (κ1) is 25.6. The number of nitrogens with two attached hydrogens (primary N) is 1. The highest BCUT2D eigenvalue weighted by atomic mass is 16.6. The van der Waals surface area contributed by atoms with E-state index in [1.54, 1.807) is 6.92 Å². The lowest BCUT2D eigenvalue weighted by Crippen LogP contribution is -2.05. The Morgan fingerprint density at radius 3 is 2.23 bits per heavy atom. The van der Waals surface area contributed by atoms with Gasteiger partial charge in [0.2, 0.25) is 5.91 Å². The maximum Gasteiger partial charge on any atom is 0.370 e. The minimum absolute atomic E-state index is 0.0402. The Hall–Kier alpha value is -2.61. The van der Waals surface area contributed by atoms with Gasteiger partial charge < -0.3 is 25.1 Å². The van der Waals surface area contributed by atoms with Crippen LogP contribution in [0, 0.1) is 0 Å². The van der Waals surface area contributed by atoms with Gasteiger partial charge in [-0.1, -0.05) is 26.5 Å². The van der Waals surface area contributed by atoms with E-state index in [0.29, 0.717) is 18.6 Å². The number of carbonyl (C=O) groups excluding carboxylic acids is 2. The van der Waals surface area contributed by atoms with Gasteiger partial charge in [0.05, 0.1) is 26.4 Å². The number of carboxylic acid groups (broad SMARTS) is 1. The Bertz CT molecular complexity index is 508. The number of aliphatic carboxylic acids is 1. The molecule has 1 aliphatic rings. The number of allylic oxidation sites excluding steroid dienone is 1. The number of ether oxygens (including phenoxy) is 3. The van der Waals surface area contributed by atoms with Crippen molar-refractivity contribution in [2.24, 2.45) is 5.73 Å². The van der Waals surface area contributed by atoms with E-state index in [1.807, 2.05) is 6.92 Å². The third kappa shape index (κ3) is 16.3. The van der Waals surface area contributed by atoms with E-state index in [0.717, 1.165) is 25.5 Å². The summed E-state index contributed by atoms with van der Waals surface area (Å²) in [7, 11) is 1.35. The Morgan fingerprint density at radius 2 is 1.92 bits per heavy atom. The zero-order valence-electron chi connectivity index (χ0n) is 15.7. The van der Waals surface area contributed by atoms with Crippen molar-refractivity contribution in [2.75, 3.05) is 20.3 Å². The van der Waals surface area contributed by atoms with Crippen LogP contribution in [0.3, 0.4) is 0 Å². The third-order valence-corrected chi connectivity index (χ3v) is 2.78. The maximum absolute atomic E-state index is 10.7. The average molecular weight is 371 g/mol. The van der Waals surface area contributed by atoms with Gasteiger partial charge in [0.25, 0.3) is 0 Å². The largest absolute Gasteiger partial charge is 0.487 e. The standard InChI is InChI=1S/C8H14O3.C7H10O3.C3H5NO/c1-3-5-6-11-7(4-2)8(9)10;1-5(7(8)9-2)3-6-4-10-6;1-2-3(4)5/h4H,3,5-6H2,1-2H3,(H,9,10);6H,1,3-4H2,2H3;2H,1H2,(H2,4,5). The number of hydrogen-bond donors (Lipinski definition) is 2. The quantitative estimate of drug-likeness (QED) is 0.208. The van der Waals surface area contributed by atoms with Gasteiger partial charge >= 0.3 is 11.9 Å². The van der Waals surface area contributed by atoms with Crippen LogP contribution in [-0.2, 0) is 28.6 Å². The van der Waals surface area contributed by atoms with Crippen LogP contribution in [0.15, 0.2) is 36.6 Å². The van der Waals surface area contributed by atoms with Crippen LogP contribution in [0.25, 0.3) is 0 Å². The number of amides is 1.